The number of hydrogen-bond donors (Lipinski definition) is 2. The van der Waals surface area contributed by atoms with Crippen LogP contribution in [0.4, 0.5) is 5.82 Å². The summed E-state index contributed by atoms with van der Waals surface area (Å²) in [7, 11) is 1.59. The van der Waals surface area contributed by atoms with E-state index >= 15 is 0 Å². The van der Waals surface area contributed by atoms with Gasteiger partial charge in [0.2, 0.25) is 0 Å². The number of halogens is 1. The molecule has 6 heteroatoms. The van der Waals surface area contributed by atoms with E-state index in [2.05, 4.69) is 25.9 Å². The number of ether oxygens (including phenoxy) is 1. The number of aromatic nitrogens is 2. The Labute approximate surface area is 106 Å². The van der Waals surface area contributed by atoms with Crippen LogP contribution >= 0.6 is 15.9 Å². The van der Waals surface area contributed by atoms with Crippen LogP contribution in [0.2, 0.25) is 0 Å². The van der Waals surface area contributed by atoms with Crippen LogP contribution < -0.4 is 16.2 Å². The first-order valence-electron chi connectivity index (χ1n) is 4.81. The lowest BCUT2D eigenvalue weighted by molar-refractivity contribution is 0.412. The van der Waals surface area contributed by atoms with Gasteiger partial charge in [-0.2, -0.15) is 4.98 Å². The molecule has 3 N–H and O–H groups in total. The fourth-order valence-corrected chi connectivity index (χ4v) is 2.01. The maximum absolute atomic E-state index is 11.2. The molecule has 0 fully saturated rings. The zero-order valence-corrected chi connectivity index (χ0v) is 10.6. The summed E-state index contributed by atoms with van der Waals surface area (Å²) in [6.45, 7) is 0. The van der Waals surface area contributed by atoms with Gasteiger partial charge in [0.15, 0.2) is 0 Å². The first-order valence-corrected chi connectivity index (χ1v) is 5.60. The van der Waals surface area contributed by atoms with Crippen molar-refractivity contribution in [1.29, 1.82) is 0 Å². The maximum Gasteiger partial charge on any atom is 0.347 e. The highest BCUT2D eigenvalue weighted by Gasteiger charge is 2.05. The second-order valence-corrected chi connectivity index (χ2v) is 4.23. The lowest BCUT2D eigenvalue weighted by Crippen LogP contribution is -2.12. The van der Waals surface area contributed by atoms with E-state index in [4.69, 9.17) is 10.5 Å². The summed E-state index contributed by atoms with van der Waals surface area (Å²) in [5.41, 5.74) is 6.50. The third-order valence-corrected chi connectivity index (χ3v) is 2.85. The van der Waals surface area contributed by atoms with Gasteiger partial charge < -0.3 is 15.5 Å². The monoisotopic (exact) mass is 295 g/mol. The van der Waals surface area contributed by atoms with Crippen molar-refractivity contribution in [2.75, 3.05) is 12.8 Å². The van der Waals surface area contributed by atoms with Crippen LogP contribution in [0.15, 0.2) is 33.5 Å². The van der Waals surface area contributed by atoms with Gasteiger partial charge in [0.1, 0.15) is 11.6 Å². The van der Waals surface area contributed by atoms with Gasteiger partial charge in [-0.3, -0.25) is 0 Å². The molecule has 1 aromatic heterocycles. The molecule has 0 aliphatic carbocycles. The molecule has 2 rings (SSSR count). The van der Waals surface area contributed by atoms with Crippen LogP contribution in [0.25, 0.3) is 11.3 Å². The Hall–Kier alpha value is -1.82. The van der Waals surface area contributed by atoms with E-state index < -0.39 is 5.69 Å². The highest BCUT2D eigenvalue weighted by Crippen LogP contribution is 2.29. The highest BCUT2D eigenvalue weighted by molar-refractivity contribution is 9.10. The number of nitrogens with two attached hydrogens (primary N) is 1. The third kappa shape index (κ3) is 2.47. The lowest BCUT2D eigenvalue weighted by Gasteiger charge is -2.06. The van der Waals surface area contributed by atoms with Crippen LogP contribution in [-0.4, -0.2) is 17.1 Å². The minimum Gasteiger partial charge on any atom is -0.496 e. The van der Waals surface area contributed by atoms with Crippen molar-refractivity contribution < 1.29 is 4.74 Å². The van der Waals surface area contributed by atoms with Gasteiger partial charge in [-0.25, -0.2) is 4.79 Å². The quantitative estimate of drug-likeness (QED) is 0.885. The Bertz CT molecular complexity index is 610. The number of nitrogen functional groups attached to an aromatic ring is 1. The lowest BCUT2D eigenvalue weighted by atomic mass is 10.1. The third-order valence-electron chi connectivity index (χ3n) is 2.23. The Morgan fingerprint density at radius 1 is 1.41 bits per heavy atom. The van der Waals surface area contributed by atoms with Crippen LogP contribution in [0.3, 0.4) is 0 Å². The SMILES string of the molecule is COc1ccc(-c2cc(N)nc(=O)[nH]2)cc1Br. The topological polar surface area (TPSA) is 81.0 Å². The summed E-state index contributed by atoms with van der Waals surface area (Å²) in [6.07, 6.45) is 0. The fourth-order valence-electron chi connectivity index (χ4n) is 1.47. The molecule has 0 radical (unpaired) electrons. The van der Waals surface area contributed by atoms with Crippen molar-refractivity contribution in [3.8, 4) is 17.0 Å². The van der Waals surface area contributed by atoms with E-state index in [1.54, 1.807) is 19.2 Å². The highest BCUT2D eigenvalue weighted by atomic mass is 79.9. The number of anilines is 1. The Morgan fingerprint density at radius 2 is 2.18 bits per heavy atom. The fraction of sp³-hybridized carbons (Fsp3) is 0.0909. The Kier molecular flexibility index (Phi) is 3.14. The van der Waals surface area contributed by atoms with Gasteiger partial charge in [0, 0.05) is 6.07 Å². The van der Waals surface area contributed by atoms with Gasteiger partial charge >= 0.3 is 5.69 Å². The molecule has 1 heterocycles. The average molecular weight is 296 g/mol. The molecule has 88 valence electrons. The van der Waals surface area contributed by atoms with Crippen molar-refractivity contribution in [2.45, 2.75) is 0 Å². The van der Waals surface area contributed by atoms with E-state index in [0.29, 0.717) is 5.69 Å². The summed E-state index contributed by atoms with van der Waals surface area (Å²) in [5, 5.41) is 0. The van der Waals surface area contributed by atoms with E-state index in [-0.39, 0.29) is 5.82 Å². The number of nitrogens with zero attached hydrogens (tertiary/aromatic N) is 1. The summed E-state index contributed by atoms with van der Waals surface area (Å²) < 4.78 is 5.93. The maximum atomic E-state index is 11.2. The molecule has 0 spiro atoms. The summed E-state index contributed by atoms with van der Waals surface area (Å²) >= 11 is 3.38. The van der Waals surface area contributed by atoms with Crippen LogP contribution in [0, 0.1) is 0 Å². The molecule has 5 nitrogen and oxygen atoms in total. The minimum absolute atomic E-state index is 0.190. The van der Waals surface area contributed by atoms with E-state index in [0.717, 1.165) is 15.8 Å². The predicted molar refractivity (Wildman–Crippen MR) is 69.0 cm³/mol. The summed E-state index contributed by atoms with van der Waals surface area (Å²) in [5.74, 6) is 0.911. The number of rotatable bonds is 2. The van der Waals surface area contributed by atoms with Gasteiger partial charge in [0.25, 0.3) is 0 Å². The zero-order valence-electron chi connectivity index (χ0n) is 9.03. The molecule has 0 unspecified atom stereocenters. The number of H-pyrrole nitrogens is 1. The molecule has 0 amide bonds. The van der Waals surface area contributed by atoms with Gasteiger partial charge in [-0.05, 0) is 39.7 Å². The molecule has 0 aliphatic rings. The number of benzene rings is 1. The number of aromatic amines is 1. The normalized spacial score (nSPS) is 10.2. The smallest absolute Gasteiger partial charge is 0.347 e. The molecule has 1 aromatic carbocycles. The molecule has 0 bridgehead atoms. The molecular weight excluding hydrogens is 286 g/mol. The zero-order chi connectivity index (χ0) is 12.4. The van der Waals surface area contributed by atoms with Crippen LogP contribution in [0.1, 0.15) is 0 Å². The van der Waals surface area contributed by atoms with E-state index in [1.807, 2.05) is 12.1 Å². The first kappa shape index (κ1) is 11.7. The Balaban J connectivity index is 2.53. The molecule has 0 aliphatic heterocycles. The number of hydrogen-bond acceptors (Lipinski definition) is 4. The molecule has 0 saturated carbocycles. The van der Waals surface area contributed by atoms with E-state index in [1.165, 1.54) is 0 Å². The van der Waals surface area contributed by atoms with Crippen molar-refractivity contribution in [1.82, 2.24) is 9.97 Å². The van der Waals surface area contributed by atoms with Crippen LogP contribution in [0.5, 0.6) is 5.75 Å². The first-order chi connectivity index (χ1) is 8.10. The molecular formula is C11H10BrN3O2. The molecule has 0 saturated heterocycles. The van der Waals surface area contributed by atoms with Crippen molar-refractivity contribution in [2.24, 2.45) is 0 Å². The number of nitrogens with one attached hydrogen (secondary N) is 1. The second kappa shape index (κ2) is 4.58. The second-order valence-electron chi connectivity index (χ2n) is 3.37. The van der Waals surface area contributed by atoms with E-state index in [9.17, 15) is 4.79 Å². The standard InChI is InChI=1S/C11H10BrN3O2/c1-17-9-3-2-6(4-7(9)12)8-5-10(13)15-11(16)14-8/h2-5H,1H3,(H3,13,14,15,16). The molecule has 2 aromatic rings. The van der Waals surface area contributed by atoms with Crippen LogP contribution in [-0.2, 0) is 0 Å². The summed E-state index contributed by atoms with van der Waals surface area (Å²) in [6, 6.07) is 7.07. The van der Waals surface area contributed by atoms with Crippen molar-refractivity contribution >= 4 is 21.7 Å². The van der Waals surface area contributed by atoms with Gasteiger partial charge in [-0.15, -0.1) is 0 Å². The number of methoxy groups -OCH3 is 1. The van der Waals surface area contributed by atoms with Crippen molar-refractivity contribution in [3.63, 3.8) is 0 Å². The van der Waals surface area contributed by atoms with Gasteiger partial charge in [-0.1, -0.05) is 0 Å². The van der Waals surface area contributed by atoms with Crippen molar-refractivity contribution in [3.05, 3.63) is 39.2 Å². The van der Waals surface area contributed by atoms with Gasteiger partial charge in [0.05, 0.1) is 17.3 Å². The average Bonchev–Trinajstić information content (AvgIpc) is 2.27. The predicted octanol–water partition coefficient (Wildman–Crippen LogP) is 1.79. The largest absolute Gasteiger partial charge is 0.496 e. The molecule has 17 heavy (non-hydrogen) atoms. The Morgan fingerprint density at radius 3 is 2.76 bits per heavy atom. The minimum atomic E-state index is -0.466. The molecule has 0 atom stereocenters. The summed E-state index contributed by atoms with van der Waals surface area (Å²) in [4.78, 5) is 17.4.